The molecule has 7 heteroatoms. The van der Waals surface area contributed by atoms with Gasteiger partial charge in [-0.25, -0.2) is 9.98 Å². The van der Waals surface area contributed by atoms with Gasteiger partial charge in [0, 0.05) is 30.2 Å². The molecule has 0 aliphatic carbocycles. The van der Waals surface area contributed by atoms with Crippen LogP contribution in [0.1, 0.15) is 41.3 Å². The number of aliphatic imine (C=N–C) groups is 1. The van der Waals surface area contributed by atoms with Gasteiger partial charge in [-0.2, -0.15) is 0 Å². The molecule has 2 heterocycles. The van der Waals surface area contributed by atoms with E-state index in [4.69, 9.17) is 9.73 Å². The topological polar surface area (TPSA) is 61.8 Å². The zero-order chi connectivity index (χ0) is 20.6. The van der Waals surface area contributed by atoms with Gasteiger partial charge in [0.25, 0.3) is 0 Å². The monoisotopic (exact) mass is 415 g/mol. The van der Waals surface area contributed by atoms with Crippen LogP contribution in [0.3, 0.4) is 0 Å². The number of piperidine rings is 1. The Morgan fingerprint density at radius 3 is 2.76 bits per heavy atom. The van der Waals surface area contributed by atoms with Crippen molar-refractivity contribution >= 4 is 17.3 Å². The molecule has 0 spiro atoms. The molecule has 0 radical (unpaired) electrons. The number of methoxy groups -OCH3 is 1. The van der Waals surface area contributed by atoms with Crippen molar-refractivity contribution in [3.05, 3.63) is 45.9 Å². The van der Waals surface area contributed by atoms with Gasteiger partial charge in [-0.1, -0.05) is 12.1 Å². The Hall–Kier alpha value is -2.12. The van der Waals surface area contributed by atoms with E-state index in [0.717, 1.165) is 36.4 Å². The summed E-state index contributed by atoms with van der Waals surface area (Å²) in [6, 6.07) is 8.91. The van der Waals surface area contributed by atoms with Gasteiger partial charge < -0.3 is 15.4 Å². The van der Waals surface area contributed by atoms with Crippen molar-refractivity contribution in [2.75, 3.05) is 33.8 Å². The van der Waals surface area contributed by atoms with Crippen LogP contribution in [0.5, 0.6) is 5.75 Å². The second-order valence-corrected chi connectivity index (χ2v) is 8.86. The van der Waals surface area contributed by atoms with Crippen LogP contribution in [-0.2, 0) is 6.54 Å². The normalized spacial score (nSPS) is 20.5. The number of nitrogens with zero attached hydrogens (tertiary/aromatic N) is 3. The Morgan fingerprint density at radius 2 is 2.10 bits per heavy atom. The van der Waals surface area contributed by atoms with Crippen LogP contribution < -0.4 is 15.4 Å². The summed E-state index contributed by atoms with van der Waals surface area (Å²) in [4.78, 5) is 12.8. The maximum Gasteiger partial charge on any atom is 0.191 e. The molecule has 0 bridgehead atoms. The lowest BCUT2D eigenvalue weighted by atomic mass is 9.85. The van der Waals surface area contributed by atoms with E-state index in [0.29, 0.717) is 18.5 Å². The summed E-state index contributed by atoms with van der Waals surface area (Å²) in [6.07, 6.45) is 4.34. The van der Waals surface area contributed by atoms with E-state index in [1.807, 2.05) is 6.20 Å². The molecule has 2 N–H and O–H groups in total. The quantitative estimate of drug-likeness (QED) is 0.534. The molecule has 2 atom stereocenters. The van der Waals surface area contributed by atoms with Gasteiger partial charge in [0.1, 0.15) is 10.8 Å². The molecule has 2 unspecified atom stereocenters. The fourth-order valence-electron chi connectivity index (χ4n) is 3.99. The number of benzene rings is 1. The van der Waals surface area contributed by atoms with E-state index in [9.17, 15) is 0 Å². The number of likely N-dealkylation sites (tertiary alicyclic amines) is 1. The fraction of sp³-hybridized carbons (Fsp3) is 0.545. The van der Waals surface area contributed by atoms with Crippen LogP contribution in [0.2, 0.25) is 0 Å². The highest BCUT2D eigenvalue weighted by Crippen LogP contribution is 2.35. The van der Waals surface area contributed by atoms with Gasteiger partial charge in [-0.3, -0.25) is 4.90 Å². The number of aromatic nitrogens is 1. The molecule has 2 aromatic rings. The third kappa shape index (κ3) is 5.93. The number of hydrogen-bond acceptors (Lipinski definition) is 5. The summed E-state index contributed by atoms with van der Waals surface area (Å²) in [5, 5.41) is 7.99. The van der Waals surface area contributed by atoms with Crippen molar-refractivity contribution in [1.82, 2.24) is 20.5 Å². The molecular weight excluding hydrogens is 382 g/mol. The van der Waals surface area contributed by atoms with Crippen LogP contribution in [0.25, 0.3) is 0 Å². The van der Waals surface area contributed by atoms with Crippen molar-refractivity contribution in [2.24, 2.45) is 10.9 Å². The van der Waals surface area contributed by atoms with Gasteiger partial charge >= 0.3 is 0 Å². The van der Waals surface area contributed by atoms with Crippen molar-refractivity contribution in [1.29, 1.82) is 0 Å². The SMILES string of the molecule is CCNC(=NCc1ncc(C)s1)NCC1CCCN(C)C1c1ccc(OC)cc1. The largest absolute Gasteiger partial charge is 0.497 e. The first-order valence-corrected chi connectivity index (χ1v) is 11.2. The lowest BCUT2D eigenvalue weighted by molar-refractivity contribution is 0.122. The van der Waals surface area contributed by atoms with Gasteiger partial charge in [-0.05, 0) is 63.9 Å². The van der Waals surface area contributed by atoms with Crippen molar-refractivity contribution in [3.63, 3.8) is 0 Å². The molecule has 1 aliphatic rings. The minimum absolute atomic E-state index is 0.395. The fourth-order valence-corrected chi connectivity index (χ4v) is 4.70. The Balaban J connectivity index is 1.67. The van der Waals surface area contributed by atoms with Gasteiger partial charge in [0.2, 0.25) is 0 Å². The van der Waals surface area contributed by atoms with Crippen molar-refractivity contribution in [3.8, 4) is 5.75 Å². The summed E-state index contributed by atoms with van der Waals surface area (Å²) in [5.41, 5.74) is 1.35. The standard InChI is InChI=1S/C22H33N5OS/c1-5-23-22(26-15-20-24-13-16(2)29-20)25-14-18-7-6-12-27(3)21(18)17-8-10-19(28-4)11-9-17/h8-11,13,18,21H,5-7,12,14-15H2,1-4H3,(H2,23,25,26). The molecule has 1 aliphatic heterocycles. The summed E-state index contributed by atoms with van der Waals surface area (Å²) >= 11 is 1.70. The predicted molar refractivity (Wildman–Crippen MR) is 121 cm³/mol. The molecule has 6 nitrogen and oxygen atoms in total. The first kappa shape index (κ1) is 21.6. The maximum atomic E-state index is 5.33. The lowest BCUT2D eigenvalue weighted by Crippen LogP contribution is -2.45. The molecule has 1 saturated heterocycles. The number of thiazole rings is 1. The highest BCUT2D eigenvalue weighted by atomic mass is 32.1. The average Bonchev–Trinajstić information content (AvgIpc) is 3.15. The molecule has 0 amide bonds. The Labute approximate surface area is 178 Å². The highest BCUT2D eigenvalue weighted by molar-refractivity contribution is 7.11. The Bertz CT molecular complexity index is 789. The average molecular weight is 416 g/mol. The number of nitrogens with one attached hydrogen (secondary N) is 2. The van der Waals surface area contributed by atoms with Crippen LogP contribution in [0, 0.1) is 12.8 Å². The van der Waals surface area contributed by atoms with E-state index in [1.165, 1.54) is 23.3 Å². The summed E-state index contributed by atoms with van der Waals surface area (Å²) in [7, 11) is 3.94. The van der Waals surface area contributed by atoms with Gasteiger partial charge in [0.15, 0.2) is 5.96 Å². The first-order chi connectivity index (χ1) is 14.1. The number of rotatable bonds is 7. The van der Waals surface area contributed by atoms with E-state index in [1.54, 1.807) is 18.4 Å². The van der Waals surface area contributed by atoms with Crippen LogP contribution in [0.15, 0.2) is 35.5 Å². The zero-order valence-corrected chi connectivity index (χ0v) is 18.8. The smallest absolute Gasteiger partial charge is 0.191 e. The predicted octanol–water partition coefficient (Wildman–Crippen LogP) is 3.60. The number of hydrogen-bond donors (Lipinski definition) is 2. The van der Waals surface area contributed by atoms with Crippen LogP contribution in [-0.4, -0.2) is 49.6 Å². The van der Waals surface area contributed by atoms with E-state index < -0.39 is 0 Å². The van der Waals surface area contributed by atoms with E-state index in [-0.39, 0.29) is 0 Å². The second-order valence-electron chi connectivity index (χ2n) is 7.54. The molecule has 3 rings (SSSR count). The molecule has 1 aromatic heterocycles. The van der Waals surface area contributed by atoms with E-state index in [2.05, 4.69) is 65.7 Å². The first-order valence-electron chi connectivity index (χ1n) is 10.4. The molecule has 1 aromatic carbocycles. The summed E-state index contributed by atoms with van der Waals surface area (Å²) < 4.78 is 5.33. The number of ether oxygens (including phenoxy) is 1. The van der Waals surface area contributed by atoms with Crippen molar-refractivity contribution < 1.29 is 4.74 Å². The zero-order valence-electron chi connectivity index (χ0n) is 17.9. The summed E-state index contributed by atoms with van der Waals surface area (Å²) in [5.74, 6) is 2.29. The van der Waals surface area contributed by atoms with Gasteiger partial charge in [0.05, 0.1) is 13.7 Å². The van der Waals surface area contributed by atoms with E-state index >= 15 is 0 Å². The Kier molecular flexibility index (Phi) is 7.89. The third-order valence-corrected chi connectivity index (χ3v) is 6.28. The third-order valence-electron chi connectivity index (χ3n) is 5.38. The highest BCUT2D eigenvalue weighted by Gasteiger charge is 2.30. The minimum atomic E-state index is 0.395. The molecule has 1 fully saturated rings. The summed E-state index contributed by atoms with van der Waals surface area (Å²) in [6.45, 7) is 7.65. The second kappa shape index (κ2) is 10.6. The van der Waals surface area contributed by atoms with Crippen LogP contribution in [0.4, 0.5) is 0 Å². The van der Waals surface area contributed by atoms with Crippen LogP contribution >= 0.6 is 11.3 Å². The Morgan fingerprint density at radius 1 is 1.31 bits per heavy atom. The van der Waals surface area contributed by atoms with Crippen molar-refractivity contribution in [2.45, 2.75) is 39.3 Å². The minimum Gasteiger partial charge on any atom is -0.497 e. The molecule has 0 saturated carbocycles. The number of aryl methyl sites for hydroxylation is 1. The molecular formula is C22H33N5OS. The maximum absolute atomic E-state index is 5.33. The number of guanidine groups is 1. The lowest BCUT2D eigenvalue weighted by Gasteiger charge is -2.40. The molecule has 29 heavy (non-hydrogen) atoms. The van der Waals surface area contributed by atoms with Gasteiger partial charge in [-0.15, -0.1) is 11.3 Å². The molecule has 158 valence electrons.